The van der Waals surface area contributed by atoms with Gasteiger partial charge in [-0.05, 0) is 46.7 Å². The maximum Gasteiger partial charge on any atom is 0.134 e. The average molecular weight is 298 g/mol. The third-order valence-electron chi connectivity index (χ3n) is 4.05. The zero-order chi connectivity index (χ0) is 12.3. The highest BCUT2D eigenvalue weighted by Crippen LogP contribution is 2.43. The van der Waals surface area contributed by atoms with Crippen molar-refractivity contribution in [3.8, 4) is 5.75 Å². The van der Waals surface area contributed by atoms with Crippen LogP contribution in [0.3, 0.4) is 0 Å². The van der Waals surface area contributed by atoms with Crippen molar-refractivity contribution in [2.75, 3.05) is 6.54 Å². The van der Waals surface area contributed by atoms with Gasteiger partial charge in [-0.2, -0.15) is 0 Å². The molecule has 2 nitrogen and oxygen atoms in total. The standard InChI is InChI=1S/C14H20BrNO/c1-2-14(7-4-8-14)10-16-9-11-5-3-6-12(15)13(11)17/h3,5-6,16-17H,2,4,7-10H2,1H3. The molecular formula is C14H20BrNO. The molecule has 0 spiro atoms. The van der Waals surface area contributed by atoms with Gasteiger partial charge in [-0.1, -0.05) is 25.5 Å². The quantitative estimate of drug-likeness (QED) is 0.866. The second kappa shape index (κ2) is 5.40. The van der Waals surface area contributed by atoms with Gasteiger partial charge in [-0.25, -0.2) is 0 Å². The van der Waals surface area contributed by atoms with Gasteiger partial charge in [0.2, 0.25) is 0 Å². The number of para-hydroxylation sites is 1. The number of halogens is 1. The highest BCUT2D eigenvalue weighted by Gasteiger charge is 2.34. The fraction of sp³-hybridized carbons (Fsp3) is 0.571. The van der Waals surface area contributed by atoms with Gasteiger partial charge < -0.3 is 10.4 Å². The lowest BCUT2D eigenvalue weighted by Crippen LogP contribution is -2.39. The zero-order valence-corrected chi connectivity index (χ0v) is 11.9. The van der Waals surface area contributed by atoms with Gasteiger partial charge in [0.15, 0.2) is 0 Å². The minimum Gasteiger partial charge on any atom is -0.506 e. The molecule has 0 radical (unpaired) electrons. The summed E-state index contributed by atoms with van der Waals surface area (Å²) in [6, 6.07) is 5.78. The van der Waals surface area contributed by atoms with Crippen LogP contribution >= 0.6 is 15.9 Å². The molecular weight excluding hydrogens is 278 g/mol. The van der Waals surface area contributed by atoms with Crippen molar-refractivity contribution in [1.29, 1.82) is 0 Å². The Hall–Kier alpha value is -0.540. The maximum atomic E-state index is 9.87. The molecule has 2 rings (SSSR count). The molecule has 0 amide bonds. The van der Waals surface area contributed by atoms with E-state index in [0.717, 1.165) is 23.1 Å². The van der Waals surface area contributed by atoms with E-state index in [1.807, 2.05) is 18.2 Å². The topological polar surface area (TPSA) is 32.3 Å². The Morgan fingerprint density at radius 2 is 2.18 bits per heavy atom. The molecule has 1 saturated carbocycles. The van der Waals surface area contributed by atoms with Crippen molar-refractivity contribution in [2.24, 2.45) is 5.41 Å². The van der Waals surface area contributed by atoms with E-state index in [1.165, 1.54) is 25.7 Å². The van der Waals surface area contributed by atoms with Crippen molar-refractivity contribution in [3.63, 3.8) is 0 Å². The maximum absolute atomic E-state index is 9.87. The molecule has 1 fully saturated rings. The van der Waals surface area contributed by atoms with E-state index in [0.29, 0.717) is 11.2 Å². The zero-order valence-electron chi connectivity index (χ0n) is 10.3. The first-order chi connectivity index (χ1) is 8.17. The van der Waals surface area contributed by atoms with Gasteiger partial charge in [-0.15, -0.1) is 0 Å². The first kappa shape index (κ1) is 12.9. The predicted molar refractivity (Wildman–Crippen MR) is 74.1 cm³/mol. The number of aromatic hydroxyl groups is 1. The van der Waals surface area contributed by atoms with Crippen LogP contribution in [0.15, 0.2) is 22.7 Å². The summed E-state index contributed by atoms with van der Waals surface area (Å²) in [5.41, 5.74) is 1.49. The molecule has 1 aromatic rings. The molecule has 17 heavy (non-hydrogen) atoms. The summed E-state index contributed by atoms with van der Waals surface area (Å²) in [7, 11) is 0. The van der Waals surface area contributed by atoms with Crippen LogP contribution in [0.25, 0.3) is 0 Å². The normalized spacial score (nSPS) is 17.8. The Kier molecular flexibility index (Phi) is 4.10. The number of phenolic OH excluding ortho intramolecular Hbond substituents is 1. The fourth-order valence-corrected chi connectivity index (χ4v) is 2.90. The van der Waals surface area contributed by atoms with Crippen LogP contribution in [-0.2, 0) is 6.54 Å². The fourth-order valence-electron chi connectivity index (χ4n) is 2.50. The van der Waals surface area contributed by atoms with Crippen molar-refractivity contribution in [3.05, 3.63) is 28.2 Å². The Labute approximate surface area is 112 Å². The lowest BCUT2D eigenvalue weighted by Gasteiger charge is -2.41. The summed E-state index contributed by atoms with van der Waals surface area (Å²) < 4.78 is 0.769. The van der Waals surface area contributed by atoms with Gasteiger partial charge >= 0.3 is 0 Å². The second-order valence-corrected chi connectivity index (χ2v) is 5.91. The first-order valence-corrected chi connectivity index (χ1v) is 7.13. The molecule has 1 aliphatic carbocycles. The molecule has 0 unspecified atom stereocenters. The monoisotopic (exact) mass is 297 g/mol. The minimum atomic E-state index is 0.360. The van der Waals surface area contributed by atoms with Gasteiger partial charge in [0.05, 0.1) is 4.47 Å². The van der Waals surface area contributed by atoms with E-state index < -0.39 is 0 Å². The van der Waals surface area contributed by atoms with Gasteiger partial charge in [0.25, 0.3) is 0 Å². The summed E-state index contributed by atoms with van der Waals surface area (Å²) in [4.78, 5) is 0. The molecule has 0 aliphatic heterocycles. The molecule has 3 heteroatoms. The Morgan fingerprint density at radius 3 is 2.76 bits per heavy atom. The third kappa shape index (κ3) is 2.83. The van der Waals surface area contributed by atoms with Crippen LogP contribution in [0.4, 0.5) is 0 Å². The second-order valence-electron chi connectivity index (χ2n) is 5.06. The number of hydrogen-bond acceptors (Lipinski definition) is 2. The Balaban J connectivity index is 1.88. The van der Waals surface area contributed by atoms with Gasteiger partial charge in [0.1, 0.15) is 5.75 Å². The van der Waals surface area contributed by atoms with Crippen LogP contribution in [0, 0.1) is 5.41 Å². The predicted octanol–water partition coefficient (Wildman–Crippen LogP) is 3.82. The van der Waals surface area contributed by atoms with Gasteiger partial charge in [-0.3, -0.25) is 0 Å². The first-order valence-electron chi connectivity index (χ1n) is 6.34. The molecule has 0 heterocycles. The molecule has 1 aromatic carbocycles. The van der Waals surface area contributed by atoms with Crippen molar-refractivity contribution < 1.29 is 5.11 Å². The molecule has 2 N–H and O–H groups in total. The Morgan fingerprint density at radius 1 is 1.41 bits per heavy atom. The lowest BCUT2D eigenvalue weighted by molar-refractivity contribution is 0.123. The highest BCUT2D eigenvalue weighted by atomic mass is 79.9. The largest absolute Gasteiger partial charge is 0.506 e. The SMILES string of the molecule is CCC1(CNCc2cccc(Br)c2O)CCC1. The smallest absolute Gasteiger partial charge is 0.134 e. The van der Waals surface area contributed by atoms with Crippen molar-refractivity contribution >= 4 is 15.9 Å². The van der Waals surface area contributed by atoms with E-state index in [2.05, 4.69) is 28.2 Å². The van der Waals surface area contributed by atoms with E-state index in [4.69, 9.17) is 0 Å². The van der Waals surface area contributed by atoms with E-state index in [9.17, 15) is 5.11 Å². The number of nitrogens with one attached hydrogen (secondary N) is 1. The summed E-state index contributed by atoms with van der Waals surface area (Å²) in [5, 5.41) is 13.4. The van der Waals surface area contributed by atoms with Crippen molar-refractivity contribution in [1.82, 2.24) is 5.32 Å². The Bertz CT molecular complexity index is 382. The highest BCUT2D eigenvalue weighted by molar-refractivity contribution is 9.10. The van der Waals surface area contributed by atoms with Crippen LogP contribution in [-0.4, -0.2) is 11.7 Å². The summed E-state index contributed by atoms with van der Waals surface area (Å²) in [6.07, 6.45) is 5.32. The summed E-state index contributed by atoms with van der Waals surface area (Å²) >= 11 is 3.34. The van der Waals surface area contributed by atoms with Crippen LogP contribution < -0.4 is 5.32 Å². The minimum absolute atomic E-state index is 0.360. The lowest BCUT2D eigenvalue weighted by atomic mass is 9.67. The van der Waals surface area contributed by atoms with Gasteiger partial charge in [0, 0.05) is 18.7 Å². The third-order valence-corrected chi connectivity index (χ3v) is 4.69. The average Bonchev–Trinajstić information content (AvgIpc) is 2.28. The van der Waals surface area contributed by atoms with Crippen LogP contribution in [0.5, 0.6) is 5.75 Å². The molecule has 0 aromatic heterocycles. The number of hydrogen-bond donors (Lipinski definition) is 2. The van der Waals surface area contributed by atoms with Crippen LogP contribution in [0.1, 0.15) is 38.2 Å². The van der Waals surface area contributed by atoms with E-state index in [-0.39, 0.29) is 0 Å². The van der Waals surface area contributed by atoms with Crippen LogP contribution in [0.2, 0.25) is 0 Å². The molecule has 0 saturated heterocycles. The van der Waals surface area contributed by atoms with E-state index in [1.54, 1.807) is 0 Å². The molecule has 0 atom stereocenters. The molecule has 94 valence electrons. The van der Waals surface area contributed by atoms with E-state index >= 15 is 0 Å². The number of benzene rings is 1. The molecule has 0 bridgehead atoms. The number of rotatable bonds is 5. The molecule has 1 aliphatic rings. The summed E-state index contributed by atoms with van der Waals surface area (Å²) in [6.45, 7) is 4.08. The summed E-state index contributed by atoms with van der Waals surface area (Å²) in [5.74, 6) is 0.360. The van der Waals surface area contributed by atoms with Crippen molar-refractivity contribution in [2.45, 2.75) is 39.2 Å². The number of phenols is 1.